The molecule has 0 aromatic heterocycles. The van der Waals surface area contributed by atoms with Crippen LogP contribution in [0.5, 0.6) is 0 Å². The van der Waals surface area contributed by atoms with Gasteiger partial charge in [0.2, 0.25) is 11.8 Å². The van der Waals surface area contributed by atoms with Crippen molar-refractivity contribution in [3.8, 4) is 0 Å². The number of nitrogens with zero attached hydrogens (tertiary/aromatic N) is 2. The maximum absolute atomic E-state index is 12.5. The molecule has 27 heteroatoms. The van der Waals surface area contributed by atoms with Crippen LogP contribution in [0.3, 0.4) is 0 Å². The van der Waals surface area contributed by atoms with E-state index >= 15 is 0 Å². The number of carboxylic acids is 1. The highest BCUT2D eigenvalue weighted by Crippen LogP contribution is 2.45. The van der Waals surface area contributed by atoms with Crippen molar-refractivity contribution in [2.45, 2.75) is 243 Å². The van der Waals surface area contributed by atoms with Crippen LogP contribution in [0.4, 0.5) is 0 Å². The lowest BCUT2D eigenvalue weighted by Crippen LogP contribution is -2.50. The molecule has 0 saturated carbocycles. The Labute approximate surface area is 529 Å². The van der Waals surface area contributed by atoms with Gasteiger partial charge < -0.3 is 68.7 Å². The molecule has 8 aliphatic rings. The number of carboxylic acid groups (broad SMARTS) is 1. The quantitative estimate of drug-likeness (QED) is 0.0237. The Morgan fingerprint density at radius 2 is 0.989 bits per heavy atom. The molecule has 8 heterocycles. The molecule has 6 amide bonds. The van der Waals surface area contributed by atoms with Crippen molar-refractivity contribution in [3.05, 3.63) is 71.9 Å². The Hall–Kier alpha value is -6.82. The number of hydrogen-bond acceptors (Lipinski definition) is 22. The van der Waals surface area contributed by atoms with E-state index in [9.17, 15) is 58.2 Å². The Bertz CT molecular complexity index is 2810. The minimum absolute atomic E-state index is 0.0109. The standard InChI is InChI=1S/C32H44N2O11.C28H41NO9.C4H5NO3/c1-18(6-9-25-19(2)14-24(21(4)43-25)33-27(36)11-8-20(3)42-22(5)35)7-10-26-31(40)32(17-41-32)16-23(44-26)15-30(39)45-34-28(37)12-13-29(34)38;1-16(7-10-24-27(34)28(15-35-28)14-21(38-24)13-26(32)33)6-9-23-17(2)12-22(19(4)37-23)29-25(31)11-8-18(3)36-20(5)30;6-3-1-2-4(7)5(3)8/h6-8,10-11,19-21,23-26,31,40H,9,12-17H2,1-5H3,(H,33,36);6-8,10-11,17-19,21-24,27,34H,9,12-15H2,1-5H3,(H,29,31)(H,32,33);8H,1-2H2/b10-7+,11-8-,18-6+;10-7+,11-8-,16-6+;/t19-,20-,21+,23+,24+,25-,26+,31+,32+;17-,18-,19+,21+,22+,23-,24+,27+,28+;/m00./s1. The number of imide groups is 2. The summed E-state index contributed by atoms with van der Waals surface area (Å²) in [7, 11) is 0. The summed E-state index contributed by atoms with van der Waals surface area (Å²) in [6.07, 6.45) is 14.9. The molecule has 27 nitrogen and oxygen atoms in total. The van der Waals surface area contributed by atoms with Crippen LogP contribution in [0, 0.1) is 11.8 Å². The van der Waals surface area contributed by atoms with Crippen molar-refractivity contribution in [1.82, 2.24) is 20.8 Å². The molecule has 8 rings (SSSR count). The van der Waals surface area contributed by atoms with Crippen LogP contribution in [0.15, 0.2) is 71.9 Å². The molecular weight excluding hydrogens is 1190 g/mol. The highest BCUT2D eigenvalue weighted by atomic mass is 16.7. The van der Waals surface area contributed by atoms with Gasteiger partial charge >= 0.3 is 23.9 Å². The van der Waals surface area contributed by atoms with Gasteiger partial charge in [-0.3, -0.25) is 48.4 Å². The van der Waals surface area contributed by atoms with Crippen molar-refractivity contribution in [2.24, 2.45) is 11.8 Å². The van der Waals surface area contributed by atoms with E-state index in [-0.39, 0.29) is 110 Å². The fraction of sp³-hybridized carbons (Fsp3) is 0.656. The van der Waals surface area contributed by atoms with Crippen molar-refractivity contribution >= 4 is 59.3 Å². The van der Waals surface area contributed by atoms with Gasteiger partial charge in [0.15, 0.2) is 0 Å². The van der Waals surface area contributed by atoms with Crippen molar-refractivity contribution in [2.75, 3.05) is 13.2 Å². The second-order valence-electron chi connectivity index (χ2n) is 24.7. The predicted molar refractivity (Wildman–Crippen MR) is 319 cm³/mol. The summed E-state index contributed by atoms with van der Waals surface area (Å²) in [5.41, 5.74) is 0.390. The number of nitrogens with one attached hydrogen (secondary N) is 2. The topological polar surface area (TPSA) is 372 Å². The zero-order valence-electron chi connectivity index (χ0n) is 53.4. The molecule has 0 aromatic carbocycles. The van der Waals surface area contributed by atoms with E-state index in [1.807, 2.05) is 45.9 Å². The summed E-state index contributed by atoms with van der Waals surface area (Å²) in [4.78, 5) is 119. The van der Waals surface area contributed by atoms with E-state index in [0.717, 1.165) is 24.0 Å². The van der Waals surface area contributed by atoms with Gasteiger partial charge in [-0.2, -0.15) is 5.06 Å². The van der Waals surface area contributed by atoms with Crippen LogP contribution in [0.25, 0.3) is 0 Å². The van der Waals surface area contributed by atoms with Crippen molar-refractivity contribution in [3.63, 3.8) is 0 Å². The maximum Gasteiger partial charge on any atom is 0.335 e. The maximum atomic E-state index is 12.5. The lowest BCUT2D eigenvalue weighted by atomic mass is 9.87. The normalized spacial score (nSPS) is 34.0. The SMILES string of the molecule is CC(=O)O[C@@H](C)/C=C\C(=O)N[C@@H]1C[C@H](C)[C@H](C/C=C(C)/C=C/[C@H]2O[C@H](CC(=O)O)C[C@@]3(CO3)[C@@H]2O)O[C@@H]1C.CC(=O)O[C@@H](C)/C=C\C(=O)N[C@@H]1C[C@H](C)[C@H](C/C=C(C)/C=C/[C@H]2O[C@H](CC(=O)ON3C(=O)CCC3=O)C[C@@]3(CO3)[C@@H]2O)O[C@@H]1C.O=C1CCC(=O)N1O. The number of rotatable bonds is 21. The van der Waals surface area contributed by atoms with E-state index in [4.69, 9.17) is 53.0 Å². The second-order valence-corrected chi connectivity index (χ2v) is 24.7. The van der Waals surface area contributed by atoms with Gasteiger partial charge in [0.1, 0.15) is 47.8 Å². The predicted octanol–water partition coefficient (Wildman–Crippen LogP) is 3.94. The first-order valence-corrected chi connectivity index (χ1v) is 31.0. The molecular formula is C64H90N4O23. The van der Waals surface area contributed by atoms with Gasteiger partial charge in [-0.25, -0.2) is 4.79 Å². The van der Waals surface area contributed by atoms with E-state index in [1.165, 1.54) is 32.1 Å². The summed E-state index contributed by atoms with van der Waals surface area (Å²) < 4.78 is 45.4. The van der Waals surface area contributed by atoms with Crippen LogP contribution < -0.4 is 10.6 Å². The Kier molecular flexibility index (Phi) is 26.7. The van der Waals surface area contributed by atoms with Gasteiger partial charge in [-0.15, -0.1) is 5.06 Å². The minimum atomic E-state index is -0.941. The molecule has 504 valence electrons. The van der Waals surface area contributed by atoms with Gasteiger partial charge in [0, 0.05) is 64.5 Å². The van der Waals surface area contributed by atoms with E-state index < -0.39 is 108 Å². The number of aliphatic hydroxyl groups is 2. The number of hydroxylamine groups is 4. The number of hydrogen-bond donors (Lipinski definition) is 6. The lowest BCUT2D eigenvalue weighted by molar-refractivity contribution is -0.202. The van der Waals surface area contributed by atoms with Gasteiger partial charge in [0.25, 0.3) is 23.6 Å². The molecule has 18 atom stereocenters. The van der Waals surface area contributed by atoms with Crippen molar-refractivity contribution in [1.29, 1.82) is 0 Å². The zero-order chi connectivity index (χ0) is 67.1. The molecule has 2 spiro atoms. The number of epoxide rings is 2. The fourth-order valence-corrected chi connectivity index (χ4v) is 11.5. The molecule has 0 radical (unpaired) electrons. The molecule has 0 aliphatic carbocycles. The third kappa shape index (κ3) is 22.2. The van der Waals surface area contributed by atoms with E-state index in [1.54, 1.807) is 32.1 Å². The van der Waals surface area contributed by atoms with Crippen LogP contribution in [-0.2, 0) is 90.7 Å². The number of ether oxygens (including phenoxy) is 8. The first-order valence-electron chi connectivity index (χ1n) is 31.0. The lowest BCUT2D eigenvalue weighted by Gasteiger charge is -2.39. The summed E-state index contributed by atoms with van der Waals surface area (Å²) in [5.74, 6) is -4.79. The molecule has 8 fully saturated rings. The average molecular weight is 1280 g/mol. The smallest absolute Gasteiger partial charge is 0.335 e. The number of aliphatic hydroxyl groups excluding tert-OH is 2. The third-order valence-electron chi connectivity index (χ3n) is 16.9. The fourth-order valence-electron chi connectivity index (χ4n) is 11.5. The molecule has 8 aliphatic heterocycles. The summed E-state index contributed by atoms with van der Waals surface area (Å²) in [6.45, 7) is 18.7. The van der Waals surface area contributed by atoms with E-state index in [0.29, 0.717) is 37.5 Å². The average Bonchev–Trinajstić information content (AvgIpc) is 1.64. The van der Waals surface area contributed by atoms with Gasteiger partial charge in [0.05, 0.1) is 74.8 Å². The summed E-state index contributed by atoms with van der Waals surface area (Å²) in [6, 6.07) is -0.293. The monoisotopic (exact) mass is 1280 g/mol. The molecule has 6 N–H and O–H groups in total. The van der Waals surface area contributed by atoms with Gasteiger partial charge in [-0.05, 0) is 91.2 Å². The minimum Gasteiger partial charge on any atom is -0.481 e. The summed E-state index contributed by atoms with van der Waals surface area (Å²) >= 11 is 0. The second kappa shape index (κ2) is 33.1. The van der Waals surface area contributed by atoms with Crippen LogP contribution >= 0.6 is 0 Å². The Morgan fingerprint density at radius 1 is 0.604 bits per heavy atom. The number of amides is 6. The highest BCUT2D eigenvalue weighted by molar-refractivity contribution is 6.01. The molecule has 0 bridgehead atoms. The van der Waals surface area contributed by atoms with Crippen LogP contribution in [-0.4, -0.2) is 200 Å². The molecule has 0 aromatic rings. The van der Waals surface area contributed by atoms with Crippen LogP contribution in [0.2, 0.25) is 0 Å². The number of carbonyl (C=O) groups is 10. The molecule has 0 unspecified atom stereocenters. The third-order valence-corrected chi connectivity index (χ3v) is 16.9. The first kappa shape index (κ1) is 73.2. The highest BCUT2D eigenvalue weighted by Gasteiger charge is 2.59. The zero-order valence-corrected chi connectivity index (χ0v) is 53.4. The van der Waals surface area contributed by atoms with Crippen molar-refractivity contribution < 1.29 is 111 Å². The number of esters is 2. The Balaban J connectivity index is 0.000000260. The van der Waals surface area contributed by atoms with Crippen LogP contribution in [0.1, 0.15) is 146 Å². The molecule has 91 heavy (non-hydrogen) atoms. The van der Waals surface area contributed by atoms with Gasteiger partial charge in [-0.1, -0.05) is 61.4 Å². The number of carbonyl (C=O) groups excluding carboxylic acids is 9. The number of allylic oxidation sites excluding steroid dienone is 4. The summed E-state index contributed by atoms with van der Waals surface area (Å²) in [5, 5.41) is 45.7. The Morgan fingerprint density at radius 3 is 1.34 bits per heavy atom. The number of aliphatic carboxylic acids is 1. The van der Waals surface area contributed by atoms with E-state index in [2.05, 4.69) is 30.6 Å². The first-order chi connectivity index (χ1) is 42.9. The largest absolute Gasteiger partial charge is 0.481 e. The molecule has 8 saturated heterocycles.